The molecule has 0 saturated carbocycles. The molecule has 1 amide bonds. The van der Waals surface area contributed by atoms with E-state index in [0.717, 1.165) is 19.3 Å². The molecule has 0 aliphatic carbocycles. The van der Waals surface area contributed by atoms with Gasteiger partial charge in [0.2, 0.25) is 15.9 Å². The monoisotopic (exact) mass is 340 g/mol. The molecule has 1 aliphatic rings. The maximum Gasteiger partial charge on any atom is 0.236 e. The predicted molar refractivity (Wildman–Crippen MR) is 89.8 cm³/mol. The first-order chi connectivity index (χ1) is 11.0. The lowest BCUT2D eigenvalue weighted by Gasteiger charge is -2.22. The van der Waals surface area contributed by atoms with E-state index in [-0.39, 0.29) is 24.3 Å². The summed E-state index contributed by atoms with van der Waals surface area (Å²) in [6, 6.07) is 8.87. The van der Waals surface area contributed by atoms with E-state index in [9.17, 15) is 13.2 Å². The standard InChI is InChI=1S/C16H24N2O4S/c1-18(14-7-3-2-4-8-14)23(20,21)12-10-17-16(19)13-15-9-5-6-11-22-15/h2-4,7-8,15H,5-6,9-13H2,1H3,(H,17,19). The van der Waals surface area contributed by atoms with Crippen LogP contribution in [0.5, 0.6) is 0 Å². The molecule has 0 spiro atoms. The zero-order valence-corrected chi connectivity index (χ0v) is 14.2. The lowest BCUT2D eigenvalue weighted by Crippen LogP contribution is -2.37. The van der Waals surface area contributed by atoms with Gasteiger partial charge in [-0.3, -0.25) is 9.10 Å². The van der Waals surface area contributed by atoms with Crippen molar-refractivity contribution < 1.29 is 17.9 Å². The topological polar surface area (TPSA) is 75.7 Å². The third-order valence-electron chi connectivity index (χ3n) is 3.91. The summed E-state index contributed by atoms with van der Waals surface area (Å²) in [5.74, 6) is -0.287. The van der Waals surface area contributed by atoms with Crippen LogP contribution >= 0.6 is 0 Å². The summed E-state index contributed by atoms with van der Waals surface area (Å²) in [7, 11) is -1.94. The lowest BCUT2D eigenvalue weighted by atomic mass is 10.1. The number of nitrogens with one attached hydrogen (secondary N) is 1. The zero-order chi connectivity index (χ0) is 16.7. The molecule has 1 aliphatic heterocycles. The Kier molecular flexibility index (Phi) is 6.41. The van der Waals surface area contributed by atoms with Crippen molar-refractivity contribution in [3.8, 4) is 0 Å². The molecular formula is C16H24N2O4S. The van der Waals surface area contributed by atoms with Crippen LogP contribution < -0.4 is 9.62 Å². The minimum atomic E-state index is -3.45. The van der Waals surface area contributed by atoms with Crippen LogP contribution in [0.15, 0.2) is 30.3 Å². The molecule has 1 saturated heterocycles. The molecule has 1 atom stereocenters. The van der Waals surface area contributed by atoms with Crippen LogP contribution in [-0.4, -0.2) is 46.4 Å². The fraction of sp³-hybridized carbons (Fsp3) is 0.562. The number of carbonyl (C=O) groups is 1. The molecular weight excluding hydrogens is 316 g/mol. The van der Waals surface area contributed by atoms with Crippen molar-refractivity contribution >= 4 is 21.6 Å². The number of hydrogen-bond acceptors (Lipinski definition) is 4. The Bertz CT molecular complexity index is 598. The molecule has 0 bridgehead atoms. The van der Waals surface area contributed by atoms with Crippen LogP contribution in [0.4, 0.5) is 5.69 Å². The first kappa shape index (κ1) is 17.7. The van der Waals surface area contributed by atoms with E-state index >= 15 is 0 Å². The Morgan fingerprint density at radius 1 is 1.30 bits per heavy atom. The molecule has 2 rings (SSSR count). The Morgan fingerprint density at radius 3 is 2.70 bits per heavy atom. The number of ether oxygens (including phenoxy) is 1. The van der Waals surface area contributed by atoms with Crippen LogP contribution in [0.3, 0.4) is 0 Å². The van der Waals surface area contributed by atoms with Gasteiger partial charge >= 0.3 is 0 Å². The number of sulfonamides is 1. The molecule has 7 heteroatoms. The normalized spacial score (nSPS) is 18.4. The summed E-state index contributed by atoms with van der Waals surface area (Å²) in [6.45, 7) is 0.805. The number of benzene rings is 1. The van der Waals surface area contributed by atoms with Crippen molar-refractivity contribution in [2.45, 2.75) is 31.8 Å². The maximum absolute atomic E-state index is 12.3. The second-order valence-electron chi connectivity index (χ2n) is 5.66. The van der Waals surface area contributed by atoms with E-state index in [2.05, 4.69) is 5.32 Å². The number of carbonyl (C=O) groups excluding carboxylic acids is 1. The molecule has 0 radical (unpaired) electrons. The van der Waals surface area contributed by atoms with Crippen LogP contribution in [0.25, 0.3) is 0 Å². The van der Waals surface area contributed by atoms with Crippen molar-refractivity contribution in [2.75, 3.05) is 30.3 Å². The highest BCUT2D eigenvalue weighted by molar-refractivity contribution is 7.92. The average Bonchev–Trinajstić information content (AvgIpc) is 2.55. The summed E-state index contributed by atoms with van der Waals surface area (Å²) in [5, 5.41) is 2.67. The quantitative estimate of drug-likeness (QED) is 0.817. The average molecular weight is 340 g/mol. The molecule has 6 nitrogen and oxygen atoms in total. The molecule has 0 aromatic heterocycles. The number of rotatable bonds is 7. The molecule has 1 heterocycles. The molecule has 1 aromatic rings. The van der Waals surface area contributed by atoms with Crippen molar-refractivity contribution in [1.29, 1.82) is 0 Å². The zero-order valence-electron chi connectivity index (χ0n) is 13.4. The predicted octanol–water partition coefficient (Wildman–Crippen LogP) is 1.53. The summed E-state index contributed by atoms with van der Waals surface area (Å²) in [5.41, 5.74) is 0.606. The third-order valence-corrected chi connectivity index (χ3v) is 5.67. The van der Waals surface area contributed by atoms with E-state index in [4.69, 9.17) is 4.74 Å². The highest BCUT2D eigenvalue weighted by atomic mass is 32.2. The first-order valence-electron chi connectivity index (χ1n) is 7.89. The molecule has 1 aromatic carbocycles. The summed E-state index contributed by atoms with van der Waals surface area (Å²) < 4.78 is 31.2. The molecule has 1 fully saturated rings. The Labute approximate surface area is 137 Å². The Hall–Kier alpha value is -1.60. The largest absolute Gasteiger partial charge is 0.378 e. The van der Waals surface area contributed by atoms with Gasteiger partial charge in [0.05, 0.1) is 24.0 Å². The van der Waals surface area contributed by atoms with Crippen molar-refractivity contribution in [3.05, 3.63) is 30.3 Å². The SMILES string of the molecule is CN(c1ccccc1)S(=O)(=O)CCNC(=O)CC1CCCCO1. The molecule has 128 valence electrons. The van der Waals surface area contributed by atoms with Gasteiger partial charge in [-0.2, -0.15) is 0 Å². The number of para-hydroxylation sites is 1. The highest BCUT2D eigenvalue weighted by Gasteiger charge is 2.20. The van der Waals surface area contributed by atoms with Crippen LogP contribution in [0.2, 0.25) is 0 Å². The van der Waals surface area contributed by atoms with Gasteiger partial charge in [0.1, 0.15) is 0 Å². The summed E-state index contributed by atoms with van der Waals surface area (Å²) >= 11 is 0. The van der Waals surface area contributed by atoms with Gasteiger partial charge in [0.15, 0.2) is 0 Å². The maximum atomic E-state index is 12.3. The molecule has 1 unspecified atom stereocenters. The van der Waals surface area contributed by atoms with Crippen molar-refractivity contribution in [2.24, 2.45) is 0 Å². The highest BCUT2D eigenvalue weighted by Crippen LogP contribution is 2.16. The fourth-order valence-electron chi connectivity index (χ4n) is 2.50. The summed E-state index contributed by atoms with van der Waals surface area (Å²) in [4.78, 5) is 11.8. The van der Waals surface area contributed by atoms with Gasteiger partial charge in [0, 0.05) is 20.2 Å². The van der Waals surface area contributed by atoms with E-state index in [1.165, 1.54) is 11.4 Å². The van der Waals surface area contributed by atoms with E-state index in [1.807, 2.05) is 6.07 Å². The van der Waals surface area contributed by atoms with Gasteiger partial charge in [-0.05, 0) is 31.4 Å². The van der Waals surface area contributed by atoms with Crippen LogP contribution in [0, 0.1) is 0 Å². The van der Waals surface area contributed by atoms with Gasteiger partial charge < -0.3 is 10.1 Å². The minimum Gasteiger partial charge on any atom is -0.378 e. The number of anilines is 1. The van der Waals surface area contributed by atoms with Crippen molar-refractivity contribution in [3.63, 3.8) is 0 Å². The minimum absolute atomic E-state index is 0.0349. The fourth-order valence-corrected chi connectivity index (χ4v) is 3.58. The Balaban J connectivity index is 1.77. The van der Waals surface area contributed by atoms with Crippen molar-refractivity contribution in [1.82, 2.24) is 5.32 Å². The second kappa shape index (κ2) is 8.31. The lowest BCUT2D eigenvalue weighted by molar-refractivity contribution is -0.124. The third kappa shape index (κ3) is 5.51. The van der Waals surface area contributed by atoms with Gasteiger partial charge in [-0.25, -0.2) is 8.42 Å². The number of amides is 1. The molecule has 23 heavy (non-hydrogen) atoms. The second-order valence-corrected chi connectivity index (χ2v) is 7.78. The number of hydrogen-bond donors (Lipinski definition) is 1. The van der Waals surface area contributed by atoms with E-state index < -0.39 is 10.0 Å². The Morgan fingerprint density at radius 2 is 2.04 bits per heavy atom. The van der Waals surface area contributed by atoms with Crippen LogP contribution in [0.1, 0.15) is 25.7 Å². The van der Waals surface area contributed by atoms with Crippen LogP contribution in [-0.2, 0) is 19.6 Å². The first-order valence-corrected chi connectivity index (χ1v) is 9.50. The summed E-state index contributed by atoms with van der Waals surface area (Å²) in [6.07, 6.45) is 3.28. The van der Waals surface area contributed by atoms with Gasteiger partial charge in [0.25, 0.3) is 0 Å². The van der Waals surface area contributed by atoms with E-state index in [0.29, 0.717) is 18.7 Å². The molecule has 1 N–H and O–H groups in total. The van der Waals surface area contributed by atoms with Gasteiger partial charge in [-0.1, -0.05) is 18.2 Å². The smallest absolute Gasteiger partial charge is 0.236 e. The van der Waals surface area contributed by atoms with E-state index in [1.54, 1.807) is 24.3 Å². The van der Waals surface area contributed by atoms with Gasteiger partial charge in [-0.15, -0.1) is 0 Å². The number of nitrogens with zero attached hydrogens (tertiary/aromatic N) is 1.